The van der Waals surface area contributed by atoms with Crippen LogP contribution in [0.4, 0.5) is 8.78 Å². The van der Waals surface area contributed by atoms with Gasteiger partial charge in [-0.3, -0.25) is 4.90 Å². The van der Waals surface area contributed by atoms with Gasteiger partial charge >= 0.3 is 0 Å². The van der Waals surface area contributed by atoms with Crippen LogP contribution in [0.3, 0.4) is 0 Å². The monoisotopic (exact) mass is 395 g/mol. The van der Waals surface area contributed by atoms with E-state index in [0.717, 1.165) is 31.1 Å². The molecule has 0 aliphatic carbocycles. The quantitative estimate of drug-likeness (QED) is 0.518. The third-order valence-corrected chi connectivity index (χ3v) is 4.76. The van der Waals surface area contributed by atoms with Gasteiger partial charge in [0.1, 0.15) is 11.6 Å². The maximum Gasteiger partial charge on any atom is 0.144 e. The number of alkyl halides is 1. The predicted molar refractivity (Wildman–Crippen MR) is 80.5 cm³/mol. The van der Waals surface area contributed by atoms with Crippen LogP contribution in [0.1, 0.15) is 31.2 Å². The molecule has 1 atom stereocenters. The smallest absolute Gasteiger partial charge is 0.144 e. The molecule has 1 aromatic rings. The fourth-order valence-electron chi connectivity index (χ4n) is 2.64. The number of hydrogen-bond acceptors (Lipinski definition) is 1. The largest absolute Gasteiger partial charge is 0.296 e. The second-order valence-electron chi connectivity index (χ2n) is 4.92. The van der Waals surface area contributed by atoms with Gasteiger partial charge < -0.3 is 0 Å². The Bertz CT molecular complexity index is 438. The molecule has 1 unspecified atom stereocenters. The lowest BCUT2D eigenvalue weighted by Gasteiger charge is -2.35. The molecule has 1 aromatic carbocycles. The van der Waals surface area contributed by atoms with Gasteiger partial charge in [0, 0.05) is 23.5 Å². The van der Waals surface area contributed by atoms with Gasteiger partial charge in [-0.05, 0) is 53.9 Å². The minimum atomic E-state index is -0.469. The van der Waals surface area contributed by atoms with Crippen LogP contribution in [0.5, 0.6) is 0 Å². The van der Waals surface area contributed by atoms with E-state index >= 15 is 0 Å². The fraction of sp³-hybridized carbons (Fsp3) is 0.571. The highest BCUT2D eigenvalue weighted by atomic mass is 79.9. The first-order valence-corrected chi connectivity index (χ1v) is 8.47. The molecule has 0 bridgehead atoms. The normalized spacial score (nSPS) is 20.7. The summed E-state index contributed by atoms with van der Waals surface area (Å²) in [6.45, 7) is 1.28. The summed E-state index contributed by atoms with van der Waals surface area (Å²) in [6.07, 6.45) is 4.45. The van der Waals surface area contributed by atoms with Crippen molar-refractivity contribution in [3.63, 3.8) is 0 Å². The highest BCUT2D eigenvalue weighted by molar-refractivity contribution is 9.10. The summed E-state index contributed by atoms with van der Waals surface area (Å²) in [4.78, 5) is 2.21. The summed E-state index contributed by atoms with van der Waals surface area (Å²) in [5.74, 6) is -0.924. The Hall–Kier alpha value is -0.000000000000000111. The summed E-state index contributed by atoms with van der Waals surface area (Å²) < 4.78 is 28.1. The van der Waals surface area contributed by atoms with Crippen LogP contribution >= 0.6 is 31.9 Å². The molecule has 19 heavy (non-hydrogen) atoms. The third kappa shape index (κ3) is 3.76. The molecule has 1 heterocycles. The molecular formula is C14H17Br2F2N. The zero-order chi connectivity index (χ0) is 13.8. The summed E-state index contributed by atoms with van der Waals surface area (Å²) in [5, 5.41) is 0.928. The maximum atomic E-state index is 14.0. The standard InChI is InChI=1S/C14H17Br2F2N/c15-7-6-10-3-1-2-8-19(10)9-11-13(17)5-4-12(16)14(11)18/h4-5,10H,1-3,6-9H2. The molecule has 0 aromatic heterocycles. The van der Waals surface area contributed by atoms with Crippen LogP contribution in [0.25, 0.3) is 0 Å². The van der Waals surface area contributed by atoms with Crippen molar-refractivity contribution in [2.45, 2.75) is 38.3 Å². The van der Waals surface area contributed by atoms with Crippen LogP contribution in [0.2, 0.25) is 0 Å². The number of piperidine rings is 1. The first kappa shape index (κ1) is 15.4. The zero-order valence-electron chi connectivity index (χ0n) is 10.6. The van der Waals surface area contributed by atoms with Crippen molar-refractivity contribution >= 4 is 31.9 Å². The van der Waals surface area contributed by atoms with Gasteiger partial charge in [0.25, 0.3) is 0 Å². The molecular weight excluding hydrogens is 380 g/mol. The third-order valence-electron chi connectivity index (χ3n) is 3.69. The first-order valence-electron chi connectivity index (χ1n) is 6.56. The van der Waals surface area contributed by atoms with Gasteiger partial charge in [-0.1, -0.05) is 22.4 Å². The number of benzene rings is 1. The Morgan fingerprint density at radius 2 is 2.05 bits per heavy atom. The van der Waals surface area contributed by atoms with Crippen molar-refractivity contribution in [3.8, 4) is 0 Å². The first-order chi connectivity index (χ1) is 9.13. The molecule has 0 radical (unpaired) electrons. The second-order valence-corrected chi connectivity index (χ2v) is 6.57. The number of hydrogen-bond donors (Lipinski definition) is 0. The number of rotatable bonds is 4. The van der Waals surface area contributed by atoms with Crippen molar-refractivity contribution in [2.24, 2.45) is 0 Å². The summed E-state index contributed by atoms with van der Waals surface area (Å²) in [7, 11) is 0. The second kappa shape index (κ2) is 7.14. The van der Waals surface area contributed by atoms with E-state index in [1.165, 1.54) is 18.6 Å². The molecule has 1 aliphatic rings. The highest BCUT2D eigenvalue weighted by Gasteiger charge is 2.24. The van der Waals surface area contributed by atoms with E-state index in [2.05, 4.69) is 36.8 Å². The number of halogens is 4. The van der Waals surface area contributed by atoms with E-state index in [-0.39, 0.29) is 5.56 Å². The van der Waals surface area contributed by atoms with E-state index in [0.29, 0.717) is 17.1 Å². The Labute approximate surface area is 129 Å². The van der Waals surface area contributed by atoms with Crippen LogP contribution in [0.15, 0.2) is 16.6 Å². The average molecular weight is 397 g/mol. The lowest BCUT2D eigenvalue weighted by molar-refractivity contribution is 0.134. The summed E-state index contributed by atoms with van der Waals surface area (Å²) in [5.41, 5.74) is 0.177. The summed E-state index contributed by atoms with van der Waals surface area (Å²) >= 11 is 6.58. The molecule has 0 saturated carbocycles. The molecule has 106 valence electrons. The van der Waals surface area contributed by atoms with Gasteiger partial charge in [0.2, 0.25) is 0 Å². The molecule has 0 N–H and O–H groups in total. The molecule has 1 nitrogen and oxygen atoms in total. The van der Waals surface area contributed by atoms with E-state index in [9.17, 15) is 8.78 Å². The number of nitrogens with zero attached hydrogens (tertiary/aromatic N) is 1. The van der Waals surface area contributed by atoms with E-state index < -0.39 is 11.6 Å². The van der Waals surface area contributed by atoms with Crippen molar-refractivity contribution in [1.82, 2.24) is 4.90 Å². The van der Waals surface area contributed by atoms with Gasteiger partial charge in [-0.25, -0.2) is 8.78 Å². The van der Waals surface area contributed by atoms with Gasteiger partial charge in [0.15, 0.2) is 0 Å². The lowest BCUT2D eigenvalue weighted by atomic mass is 9.99. The Balaban J connectivity index is 2.17. The zero-order valence-corrected chi connectivity index (χ0v) is 13.8. The van der Waals surface area contributed by atoms with E-state index in [1.807, 2.05) is 0 Å². The van der Waals surface area contributed by atoms with Crippen LogP contribution < -0.4 is 0 Å². The molecule has 2 rings (SSSR count). The Morgan fingerprint density at radius 1 is 1.26 bits per heavy atom. The fourth-order valence-corrected chi connectivity index (χ4v) is 3.54. The van der Waals surface area contributed by atoms with Crippen LogP contribution in [-0.4, -0.2) is 22.8 Å². The van der Waals surface area contributed by atoms with Crippen molar-refractivity contribution in [1.29, 1.82) is 0 Å². The molecule has 1 saturated heterocycles. The maximum absolute atomic E-state index is 14.0. The van der Waals surface area contributed by atoms with Gasteiger partial charge in [0.05, 0.1) is 4.47 Å². The SMILES string of the molecule is Fc1ccc(Br)c(F)c1CN1CCCCC1CCBr. The minimum absolute atomic E-state index is 0.177. The Kier molecular flexibility index (Phi) is 5.78. The van der Waals surface area contributed by atoms with E-state index in [4.69, 9.17) is 0 Å². The van der Waals surface area contributed by atoms with Crippen LogP contribution in [0, 0.1) is 11.6 Å². The predicted octanol–water partition coefficient (Wildman–Crippen LogP) is 4.87. The van der Waals surface area contributed by atoms with Crippen molar-refractivity contribution in [3.05, 3.63) is 33.8 Å². The van der Waals surface area contributed by atoms with Crippen molar-refractivity contribution < 1.29 is 8.78 Å². The van der Waals surface area contributed by atoms with E-state index in [1.54, 1.807) is 0 Å². The lowest BCUT2D eigenvalue weighted by Crippen LogP contribution is -2.39. The molecule has 0 amide bonds. The molecule has 0 spiro atoms. The molecule has 1 fully saturated rings. The molecule has 1 aliphatic heterocycles. The number of likely N-dealkylation sites (tertiary alicyclic amines) is 1. The Morgan fingerprint density at radius 3 is 2.79 bits per heavy atom. The van der Waals surface area contributed by atoms with Gasteiger partial charge in [-0.15, -0.1) is 0 Å². The summed E-state index contributed by atoms with van der Waals surface area (Å²) in [6, 6.07) is 3.16. The highest BCUT2D eigenvalue weighted by Crippen LogP contribution is 2.27. The topological polar surface area (TPSA) is 3.24 Å². The minimum Gasteiger partial charge on any atom is -0.296 e. The van der Waals surface area contributed by atoms with Crippen LogP contribution in [-0.2, 0) is 6.54 Å². The average Bonchev–Trinajstić information content (AvgIpc) is 2.41. The van der Waals surface area contributed by atoms with Crippen molar-refractivity contribution in [2.75, 3.05) is 11.9 Å². The molecule has 5 heteroatoms. The van der Waals surface area contributed by atoms with Gasteiger partial charge in [-0.2, -0.15) is 0 Å².